The SMILES string of the molecule is Cc1ccc2c(c1)nc(C1CCNC1C)n2C. The Kier molecular flexibility index (Phi) is 2.44. The molecule has 90 valence electrons. The van der Waals surface area contributed by atoms with Gasteiger partial charge in [-0.15, -0.1) is 0 Å². The zero-order valence-electron chi connectivity index (χ0n) is 10.7. The number of hydrogen-bond donors (Lipinski definition) is 1. The number of benzene rings is 1. The van der Waals surface area contributed by atoms with E-state index < -0.39 is 0 Å². The van der Waals surface area contributed by atoms with Gasteiger partial charge < -0.3 is 9.88 Å². The predicted molar refractivity (Wildman–Crippen MR) is 70.3 cm³/mol. The molecule has 0 aliphatic carbocycles. The van der Waals surface area contributed by atoms with Crippen molar-refractivity contribution in [1.29, 1.82) is 0 Å². The molecule has 0 bridgehead atoms. The second-order valence-corrected chi connectivity index (χ2v) is 5.16. The quantitative estimate of drug-likeness (QED) is 0.813. The lowest BCUT2D eigenvalue weighted by molar-refractivity contribution is 0.554. The first-order valence-electron chi connectivity index (χ1n) is 6.33. The van der Waals surface area contributed by atoms with Crippen molar-refractivity contribution < 1.29 is 0 Å². The number of nitrogens with zero attached hydrogens (tertiary/aromatic N) is 2. The van der Waals surface area contributed by atoms with Crippen LogP contribution in [0, 0.1) is 6.92 Å². The first-order valence-corrected chi connectivity index (χ1v) is 6.33. The van der Waals surface area contributed by atoms with Gasteiger partial charge in [0.15, 0.2) is 0 Å². The summed E-state index contributed by atoms with van der Waals surface area (Å²) >= 11 is 0. The molecule has 0 radical (unpaired) electrons. The minimum absolute atomic E-state index is 0.534. The molecular weight excluding hydrogens is 210 g/mol. The Bertz CT molecular complexity index is 556. The van der Waals surface area contributed by atoms with E-state index in [1.165, 1.54) is 23.3 Å². The van der Waals surface area contributed by atoms with Gasteiger partial charge >= 0.3 is 0 Å². The van der Waals surface area contributed by atoms with Gasteiger partial charge in [0.2, 0.25) is 0 Å². The van der Waals surface area contributed by atoms with Crippen LogP contribution in [0.25, 0.3) is 11.0 Å². The molecule has 3 heteroatoms. The van der Waals surface area contributed by atoms with Crippen LogP contribution in [0.1, 0.15) is 30.7 Å². The summed E-state index contributed by atoms with van der Waals surface area (Å²) in [5, 5.41) is 3.50. The maximum Gasteiger partial charge on any atom is 0.114 e. The molecule has 1 fully saturated rings. The van der Waals surface area contributed by atoms with Gasteiger partial charge in [-0.2, -0.15) is 0 Å². The highest BCUT2D eigenvalue weighted by atomic mass is 15.1. The lowest BCUT2D eigenvalue weighted by atomic mass is 10.0. The van der Waals surface area contributed by atoms with Crippen molar-refractivity contribution in [2.45, 2.75) is 32.2 Å². The third-order valence-electron chi connectivity index (χ3n) is 3.93. The van der Waals surface area contributed by atoms with Gasteiger partial charge in [0.25, 0.3) is 0 Å². The third kappa shape index (κ3) is 1.65. The number of imidazole rings is 1. The molecule has 1 aromatic heterocycles. The Morgan fingerprint density at radius 2 is 2.24 bits per heavy atom. The molecule has 17 heavy (non-hydrogen) atoms. The van der Waals surface area contributed by atoms with Crippen LogP contribution in [0.5, 0.6) is 0 Å². The van der Waals surface area contributed by atoms with Gasteiger partial charge in [-0.3, -0.25) is 0 Å². The maximum absolute atomic E-state index is 4.83. The van der Waals surface area contributed by atoms with E-state index in [1.54, 1.807) is 0 Å². The van der Waals surface area contributed by atoms with Crippen molar-refractivity contribution in [2.75, 3.05) is 6.54 Å². The van der Waals surface area contributed by atoms with E-state index in [4.69, 9.17) is 4.98 Å². The highest BCUT2D eigenvalue weighted by Crippen LogP contribution is 2.29. The number of rotatable bonds is 1. The lowest BCUT2D eigenvalue weighted by Gasteiger charge is -2.14. The van der Waals surface area contributed by atoms with E-state index in [0.717, 1.165) is 12.1 Å². The van der Waals surface area contributed by atoms with Crippen LogP contribution in [0.2, 0.25) is 0 Å². The molecule has 0 amide bonds. The molecule has 1 aliphatic heterocycles. The van der Waals surface area contributed by atoms with Crippen molar-refractivity contribution in [3.63, 3.8) is 0 Å². The van der Waals surface area contributed by atoms with Gasteiger partial charge in [0.05, 0.1) is 11.0 Å². The van der Waals surface area contributed by atoms with Gasteiger partial charge in [0.1, 0.15) is 5.82 Å². The second-order valence-electron chi connectivity index (χ2n) is 5.16. The Labute approximate surface area is 102 Å². The molecule has 1 N–H and O–H groups in total. The van der Waals surface area contributed by atoms with E-state index in [1.807, 2.05) is 0 Å². The summed E-state index contributed by atoms with van der Waals surface area (Å²) in [6, 6.07) is 7.04. The first kappa shape index (κ1) is 10.8. The fraction of sp³-hybridized carbons (Fsp3) is 0.500. The number of hydrogen-bond acceptors (Lipinski definition) is 2. The van der Waals surface area contributed by atoms with Crippen molar-refractivity contribution in [3.8, 4) is 0 Å². The molecule has 1 saturated heterocycles. The maximum atomic E-state index is 4.83. The van der Waals surface area contributed by atoms with E-state index in [-0.39, 0.29) is 0 Å². The Hall–Kier alpha value is -1.35. The van der Waals surface area contributed by atoms with Crippen molar-refractivity contribution in [3.05, 3.63) is 29.6 Å². The Balaban J connectivity index is 2.14. The third-order valence-corrected chi connectivity index (χ3v) is 3.93. The molecule has 3 rings (SSSR count). The van der Waals surface area contributed by atoms with Gasteiger partial charge in [-0.1, -0.05) is 6.07 Å². The van der Waals surface area contributed by atoms with Crippen LogP contribution in [-0.2, 0) is 7.05 Å². The normalized spacial score (nSPS) is 24.6. The molecule has 1 aliphatic rings. The minimum atomic E-state index is 0.534. The summed E-state index contributed by atoms with van der Waals surface area (Å²) in [4.78, 5) is 4.83. The van der Waals surface area contributed by atoms with Crippen molar-refractivity contribution in [2.24, 2.45) is 7.05 Å². The highest BCUT2D eigenvalue weighted by molar-refractivity contribution is 5.76. The molecule has 2 heterocycles. The molecular formula is C14H19N3. The molecule has 3 nitrogen and oxygen atoms in total. The standard InChI is InChI=1S/C14H19N3/c1-9-4-5-13-12(8-9)16-14(17(13)3)11-6-7-15-10(11)2/h4-5,8,10-11,15H,6-7H2,1-3H3. The number of nitrogens with one attached hydrogen (secondary N) is 1. The predicted octanol–water partition coefficient (Wildman–Crippen LogP) is 2.35. The summed E-state index contributed by atoms with van der Waals surface area (Å²) in [6.45, 7) is 5.48. The monoisotopic (exact) mass is 229 g/mol. The average molecular weight is 229 g/mol. The smallest absolute Gasteiger partial charge is 0.114 e. The molecule has 2 unspecified atom stereocenters. The van der Waals surface area contributed by atoms with Crippen molar-refractivity contribution >= 4 is 11.0 Å². The molecule has 0 saturated carbocycles. The van der Waals surface area contributed by atoms with E-state index in [0.29, 0.717) is 12.0 Å². The van der Waals surface area contributed by atoms with Crippen molar-refractivity contribution in [1.82, 2.24) is 14.9 Å². The molecule has 2 aromatic rings. The van der Waals surface area contributed by atoms with Gasteiger partial charge in [-0.05, 0) is 44.5 Å². The fourth-order valence-corrected chi connectivity index (χ4v) is 2.87. The minimum Gasteiger partial charge on any atom is -0.331 e. The Morgan fingerprint density at radius 1 is 1.41 bits per heavy atom. The van der Waals surface area contributed by atoms with Crippen LogP contribution in [-0.4, -0.2) is 22.1 Å². The molecule has 0 spiro atoms. The van der Waals surface area contributed by atoms with E-state index in [2.05, 4.69) is 49.0 Å². The zero-order chi connectivity index (χ0) is 12.0. The van der Waals surface area contributed by atoms with Crippen LogP contribution in [0.4, 0.5) is 0 Å². The fourth-order valence-electron chi connectivity index (χ4n) is 2.87. The Morgan fingerprint density at radius 3 is 2.94 bits per heavy atom. The summed E-state index contributed by atoms with van der Waals surface area (Å²) in [7, 11) is 2.13. The second kappa shape index (κ2) is 3.84. The molecule has 1 aromatic carbocycles. The summed E-state index contributed by atoms with van der Waals surface area (Å²) in [5.74, 6) is 1.77. The van der Waals surface area contributed by atoms with Crippen LogP contribution >= 0.6 is 0 Å². The topological polar surface area (TPSA) is 29.9 Å². The van der Waals surface area contributed by atoms with Crippen LogP contribution in [0.15, 0.2) is 18.2 Å². The largest absolute Gasteiger partial charge is 0.331 e. The number of aromatic nitrogens is 2. The number of fused-ring (bicyclic) bond motifs is 1. The van der Waals surface area contributed by atoms with Crippen LogP contribution < -0.4 is 5.32 Å². The highest BCUT2D eigenvalue weighted by Gasteiger charge is 2.28. The number of aryl methyl sites for hydroxylation is 2. The average Bonchev–Trinajstić information content (AvgIpc) is 2.83. The zero-order valence-corrected chi connectivity index (χ0v) is 10.7. The summed E-state index contributed by atoms with van der Waals surface area (Å²) in [6.07, 6.45) is 1.19. The first-order chi connectivity index (χ1) is 8.16. The van der Waals surface area contributed by atoms with E-state index >= 15 is 0 Å². The molecule has 2 atom stereocenters. The van der Waals surface area contributed by atoms with Gasteiger partial charge in [0, 0.05) is 19.0 Å². The van der Waals surface area contributed by atoms with E-state index in [9.17, 15) is 0 Å². The van der Waals surface area contributed by atoms with Gasteiger partial charge in [-0.25, -0.2) is 4.98 Å². The van der Waals surface area contributed by atoms with Crippen LogP contribution in [0.3, 0.4) is 0 Å². The lowest BCUT2D eigenvalue weighted by Crippen LogP contribution is -2.23. The summed E-state index contributed by atoms with van der Waals surface area (Å²) < 4.78 is 2.25. The summed E-state index contributed by atoms with van der Waals surface area (Å²) in [5.41, 5.74) is 3.64.